The summed E-state index contributed by atoms with van der Waals surface area (Å²) in [7, 11) is 0. The number of carbonyl (C=O) groups is 1. The molecule has 2 aromatic rings. The third-order valence-electron chi connectivity index (χ3n) is 4.68. The van der Waals surface area contributed by atoms with Gasteiger partial charge in [-0.3, -0.25) is 4.79 Å². The first kappa shape index (κ1) is 15.0. The maximum atomic E-state index is 12.3. The Labute approximate surface area is 140 Å². The number of piperazine rings is 1. The van der Waals surface area contributed by atoms with Crippen LogP contribution in [0.25, 0.3) is 0 Å². The largest absolute Gasteiger partial charge is 0.472 e. The van der Waals surface area contributed by atoms with Crippen LogP contribution in [0, 0.1) is 0 Å². The number of rotatable bonds is 3. The zero-order valence-corrected chi connectivity index (χ0v) is 13.6. The zero-order chi connectivity index (χ0) is 16.4. The molecule has 4 heterocycles. The SMILES string of the molecule is O=C(c1ccoc1)N1CCN(c2ccnc(N3CCCC3)n2)CC1. The van der Waals surface area contributed by atoms with Crippen LogP contribution in [0.3, 0.4) is 0 Å². The molecule has 7 nitrogen and oxygen atoms in total. The van der Waals surface area contributed by atoms with Crippen molar-refractivity contribution in [1.29, 1.82) is 0 Å². The predicted octanol–water partition coefficient (Wildman–Crippen LogP) is 1.63. The van der Waals surface area contributed by atoms with Gasteiger partial charge in [0.25, 0.3) is 5.91 Å². The molecule has 0 radical (unpaired) electrons. The number of carbonyl (C=O) groups excluding carboxylic acids is 1. The summed E-state index contributed by atoms with van der Waals surface area (Å²) >= 11 is 0. The first-order valence-electron chi connectivity index (χ1n) is 8.46. The Morgan fingerprint density at radius 1 is 1.00 bits per heavy atom. The van der Waals surface area contributed by atoms with E-state index in [2.05, 4.69) is 14.8 Å². The summed E-state index contributed by atoms with van der Waals surface area (Å²) in [6.45, 7) is 5.01. The van der Waals surface area contributed by atoms with E-state index < -0.39 is 0 Å². The van der Waals surface area contributed by atoms with E-state index in [1.807, 2.05) is 17.2 Å². The molecule has 1 amide bonds. The lowest BCUT2D eigenvalue weighted by Gasteiger charge is -2.35. The molecule has 7 heteroatoms. The van der Waals surface area contributed by atoms with Crippen molar-refractivity contribution in [2.75, 3.05) is 49.1 Å². The van der Waals surface area contributed by atoms with Gasteiger partial charge in [0.1, 0.15) is 12.1 Å². The minimum atomic E-state index is 0.0313. The monoisotopic (exact) mass is 327 g/mol. The van der Waals surface area contributed by atoms with Crippen molar-refractivity contribution in [2.45, 2.75) is 12.8 Å². The average Bonchev–Trinajstić information content (AvgIpc) is 3.35. The van der Waals surface area contributed by atoms with E-state index in [0.29, 0.717) is 18.7 Å². The van der Waals surface area contributed by atoms with Gasteiger partial charge in [0, 0.05) is 45.5 Å². The minimum absolute atomic E-state index is 0.0313. The number of aromatic nitrogens is 2. The van der Waals surface area contributed by atoms with Gasteiger partial charge < -0.3 is 19.1 Å². The molecule has 2 fully saturated rings. The molecule has 0 spiro atoms. The molecule has 0 bridgehead atoms. The highest BCUT2D eigenvalue weighted by Gasteiger charge is 2.24. The molecule has 2 aliphatic heterocycles. The Morgan fingerprint density at radius 3 is 2.50 bits per heavy atom. The van der Waals surface area contributed by atoms with Gasteiger partial charge in [0.2, 0.25) is 5.95 Å². The molecule has 0 unspecified atom stereocenters. The van der Waals surface area contributed by atoms with Gasteiger partial charge in [-0.15, -0.1) is 0 Å². The van der Waals surface area contributed by atoms with Crippen molar-refractivity contribution in [2.24, 2.45) is 0 Å². The quantitative estimate of drug-likeness (QED) is 0.854. The highest BCUT2D eigenvalue weighted by atomic mass is 16.3. The molecule has 0 aliphatic carbocycles. The maximum Gasteiger partial charge on any atom is 0.257 e. The lowest BCUT2D eigenvalue weighted by molar-refractivity contribution is 0.0746. The van der Waals surface area contributed by atoms with Gasteiger partial charge in [-0.25, -0.2) is 4.98 Å². The van der Waals surface area contributed by atoms with Crippen LogP contribution in [-0.4, -0.2) is 60.0 Å². The van der Waals surface area contributed by atoms with Crippen LogP contribution in [-0.2, 0) is 0 Å². The average molecular weight is 327 g/mol. The fourth-order valence-electron chi connectivity index (χ4n) is 3.29. The smallest absolute Gasteiger partial charge is 0.257 e. The summed E-state index contributed by atoms with van der Waals surface area (Å²) in [4.78, 5) is 27.8. The summed E-state index contributed by atoms with van der Waals surface area (Å²) in [6, 6.07) is 3.66. The number of amides is 1. The van der Waals surface area contributed by atoms with E-state index in [-0.39, 0.29) is 5.91 Å². The van der Waals surface area contributed by atoms with Gasteiger partial charge in [-0.05, 0) is 25.0 Å². The van der Waals surface area contributed by atoms with E-state index in [1.54, 1.807) is 6.07 Å². The summed E-state index contributed by atoms with van der Waals surface area (Å²) in [5.41, 5.74) is 0.613. The zero-order valence-electron chi connectivity index (χ0n) is 13.6. The van der Waals surface area contributed by atoms with Crippen molar-refractivity contribution < 1.29 is 9.21 Å². The Kier molecular flexibility index (Phi) is 4.06. The number of hydrogen-bond donors (Lipinski definition) is 0. The third kappa shape index (κ3) is 2.93. The molecular weight excluding hydrogens is 306 g/mol. The highest BCUT2D eigenvalue weighted by molar-refractivity contribution is 5.94. The number of furan rings is 1. The lowest BCUT2D eigenvalue weighted by atomic mass is 10.2. The Bertz CT molecular complexity index is 689. The molecule has 0 saturated carbocycles. The highest BCUT2D eigenvalue weighted by Crippen LogP contribution is 2.20. The van der Waals surface area contributed by atoms with Crippen molar-refractivity contribution in [3.05, 3.63) is 36.4 Å². The van der Waals surface area contributed by atoms with Crippen LogP contribution < -0.4 is 9.80 Å². The maximum absolute atomic E-state index is 12.3. The summed E-state index contributed by atoms with van der Waals surface area (Å²) in [5.74, 6) is 1.80. The summed E-state index contributed by atoms with van der Waals surface area (Å²) in [6.07, 6.45) is 7.29. The van der Waals surface area contributed by atoms with Gasteiger partial charge in [-0.2, -0.15) is 4.98 Å². The topological polar surface area (TPSA) is 65.7 Å². The molecule has 24 heavy (non-hydrogen) atoms. The molecule has 4 rings (SSSR count). The second kappa shape index (κ2) is 6.51. The van der Waals surface area contributed by atoms with Crippen molar-refractivity contribution in [1.82, 2.24) is 14.9 Å². The minimum Gasteiger partial charge on any atom is -0.472 e. The van der Waals surface area contributed by atoms with Crippen LogP contribution in [0.15, 0.2) is 35.3 Å². The molecule has 0 atom stereocenters. The standard InChI is InChI=1S/C17H21N5O2/c23-16(14-4-12-24-13-14)21-10-8-20(9-11-21)15-3-5-18-17(19-15)22-6-1-2-7-22/h3-5,12-13H,1-2,6-11H2. The van der Waals surface area contributed by atoms with Gasteiger partial charge in [0.05, 0.1) is 11.8 Å². The molecule has 0 N–H and O–H groups in total. The molecule has 126 valence electrons. The lowest BCUT2D eigenvalue weighted by Crippen LogP contribution is -2.49. The summed E-state index contributed by atoms with van der Waals surface area (Å²) < 4.78 is 5.00. The van der Waals surface area contributed by atoms with Crippen LogP contribution in [0.2, 0.25) is 0 Å². The fraction of sp³-hybridized carbons (Fsp3) is 0.471. The van der Waals surface area contributed by atoms with Gasteiger partial charge >= 0.3 is 0 Å². The molecule has 2 saturated heterocycles. The first-order valence-corrected chi connectivity index (χ1v) is 8.46. The number of nitrogens with zero attached hydrogens (tertiary/aromatic N) is 5. The van der Waals surface area contributed by atoms with E-state index in [1.165, 1.54) is 25.4 Å². The van der Waals surface area contributed by atoms with Gasteiger partial charge in [0.15, 0.2) is 0 Å². The predicted molar refractivity (Wildman–Crippen MR) is 90.3 cm³/mol. The first-order chi connectivity index (χ1) is 11.8. The van der Waals surface area contributed by atoms with Crippen molar-refractivity contribution in [3.8, 4) is 0 Å². The molecular formula is C17H21N5O2. The Hall–Kier alpha value is -2.57. The summed E-state index contributed by atoms with van der Waals surface area (Å²) in [5, 5.41) is 0. The van der Waals surface area contributed by atoms with Crippen molar-refractivity contribution >= 4 is 17.7 Å². The second-order valence-corrected chi connectivity index (χ2v) is 6.20. The third-order valence-corrected chi connectivity index (χ3v) is 4.68. The van der Waals surface area contributed by atoms with E-state index in [4.69, 9.17) is 9.40 Å². The normalized spacial score (nSPS) is 18.2. The van der Waals surface area contributed by atoms with E-state index in [0.717, 1.165) is 37.9 Å². The van der Waals surface area contributed by atoms with Crippen LogP contribution in [0.4, 0.5) is 11.8 Å². The Balaban J connectivity index is 1.40. The molecule has 0 aromatic carbocycles. The second-order valence-electron chi connectivity index (χ2n) is 6.20. The molecule has 2 aromatic heterocycles. The van der Waals surface area contributed by atoms with Crippen LogP contribution >= 0.6 is 0 Å². The van der Waals surface area contributed by atoms with Gasteiger partial charge in [-0.1, -0.05) is 0 Å². The van der Waals surface area contributed by atoms with Crippen molar-refractivity contribution in [3.63, 3.8) is 0 Å². The van der Waals surface area contributed by atoms with Crippen LogP contribution in [0.5, 0.6) is 0 Å². The van der Waals surface area contributed by atoms with E-state index in [9.17, 15) is 4.79 Å². The van der Waals surface area contributed by atoms with Crippen LogP contribution in [0.1, 0.15) is 23.2 Å². The number of anilines is 2. The fourth-order valence-corrected chi connectivity index (χ4v) is 3.29. The van der Waals surface area contributed by atoms with E-state index >= 15 is 0 Å². The Morgan fingerprint density at radius 2 is 1.79 bits per heavy atom. The number of hydrogen-bond acceptors (Lipinski definition) is 6. The molecule has 2 aliphatic rings.